The van der Waals surface area contributed by atoms with Gasteiger partial charge < -0.3 is 24.7 Å². The number of methoxy groups -OCH3 is 1. The van der Waals surface area contributed by atoms with Crippen LogP contribution in [0.5, 0.6) is 5.88 Å². The van der Waals surface area contributed by atoms with Crippen molar-refractivity contribution >= 4 is 0 Å². The summed E-state index contributed by atoms with van der Waals surface area (Å²) >= 11 is 0. The van der Waals surface area contributed by atoms with Crippen molar-refractivity contribution in [2.24, 2.45) is 5.73 Å². The van der Waals surface area contributed by atoms with E-state index < -0.39 is 0 Å². The second-order valence-electron chi connectivity index (χ2n) is 3.58. The van der Waals surface area contributed by atoms with Crippen molar-refractivity contribution in [2.75, 3.05) is 46.8 Å². The molecule has 7 heteroatoms. The monoisotopic (exact) mass is 271 g/mol. The van der Waals surface area contributed by atoms with E-state index in [4.69, 9.17) is 24.7 Å². The molecule has 1 aromatic heterocycles. The molecule has 0 saturated heterocycles. The Morgan fingerprint density at radius 1 is 0.947 bits per heavy atom. The highest BCUT2D eigenvalue weighted by Crippen LogP contribution is 2.09. The summed E-state index contributed by atoms with van der Waals surface area (Å²) in [5, 5.41) is 0. The summed E-state index contributed by atoms with van der Waals surface area (Å²) in [6.45, 7) is 3.42. The van der Waals surface area contributed by atoms with Gasteiger partial charge in [0.1, 0.15) is 12.3 Å². The van der Waals surface area contributed by atoms with Crippen molar-refractivity contribution in [1.82, 2.24) is 9.97 Å². The quantitative estimate of drug-likeness (QED) is 0.566. The van der Waals surface area contributed by atoms with Crippen LogP contribution < -0.4 is 10.5 Å². The Bertz CT molecular complexity index is 339. The Labute approximate surface area is 113 Å². The molecule has 0 aliphatic rings. The zero-order valence-corrected chi connectivity index (χ0v) is 11.2. The third-order valence-corrected chi connectivity index (χ3v) is 2.20. The molecule has 108 valence electrons. The number of rotatable bonds is 11. The summed E-state index contributed by atoms with van der Waals surface area (Å²) in [6, 6.07) is 0. The molecular formula is C12H21N3O4. The molecule has 0 unspecified atom stereocenters. The van der Waals surface area contributed by atoms with Crippen LogP contribution in [0.15, 0.2) is 12.4 Å². The summed E-state index contributed by atoms with van der Waals surface area (Å²) in [7, 11) is 1.64. The molecule has 2 N–H and O–H groups in total. The van der Waals surface area contributed by atoms with Crippen molar-refractivity contribution in [3.05, 3.63) is 18.1 Å². The number of hydrogen-bond donors (Lipinski definition) is 1. The molecule has 0 saturated carbocycles. The molecular weight excluding hydrogens is 250 g/mol. The first kappa shape index (κ1) is 15.8. The Hall–Kier alpha value is -1.28. The summed E-state index contributed by atoms with van der Waals surface area (Å²) < 4.78 is 20.9. The minimum absolute atomic E-state index is 0.303. The number of nitrogens with zero attached hydrogens (tertiary/aromatic N) is 2. The van der Waals surface area contributed by atoms with Gasteiger partial charge in [-0.1, -0.05) is 0 Å². The highest BCUT2D eigenvalue weighted by Gasteiger charge is 2.03. The maximum Gasteiger partial charge on any atom is 0.237 e. The smallest absolute Gasteiger partial charge is 0.237 e. The van der Waals surface area contributed by atoms with Gasteiger partial charge in [0.2, 0.25) is 5.88 Å². The van der Waals surface area contributed by atoms with Crippen LogP contribution in [0.25, 0.3) is 0 Å². The third-order valence-electron chi connectivity index (χ3n) is 2.20. The first-order valence-electron chi connectivity index (χ1n) is 6.15. The molecule has 0 fully saturated rings. The molecule has 1 heterocycles. The first-order valence-corrected chi connectivity index (χ1v) is 6.15. The fourth-order valence-corrected chi connectivity index (χ4v) is 1.28. The van der Waals surface area contributed by atoms with Crippen molar-refractivity contribution in [3.63, 3.8) is 0 Å². The Morgan fingerprint density at radius 2 is 1.58 bits per heavy atom. The van der Waals surface area contributed by atoms with Crippen LogP contribution in [0.4, 0.5) is 0 Å². The van der Waals surface area contributed by atoms with Crippen molar-refractivity contribution in [2.45, 2.75) is 6.54 Å². The van der Waals surface area contributed by atoms with Gasteiger partial charge in [0.05, 0.1) is 33.0 Å². The predicted molar refractivity (Wildman–Crippen MR) is 68.9 cm³/mol. The summed E-state index contributed by atoms with van der Waals surface area (Å²) in [5.41, 5.74) is 6.16. The van der Waals surface area contributed by atoms with Gasteiger partial charge in [-0.2, -0.15) is 0 Å². The minimum atomic E-state index is 0.303. The molecule has 1 rings (SSSR count). The molecule has 0 radical (unpaired) electrons. The maximum absolute atomic E-state index is 5.52. The normalized spacial score (nSPS) is 10.6. The summed E-state index contributed by atoms with van der Waals surface area (Å²) in [5.74, 6) is 0.463. The maximum atomic E-state index is 5.52. The van der Waals surface area contributed by atoms with Crippen LogP contribution >= 0.6 is 0 Å². The fraction of sp³-hybridized carbons (Fsp3) is 0.667. The van der Waals surface area contributed by atoms with Gasteiger partial charge in [0, 0.05) is 26.0 Å². The molecule has 0 aromatic carbocycles. The second kappa shape index (κ2) is 10.6. The molecule has 0 spiro atoms. The van der Waals surface area contributed by atoms with Gasteiger partial charge in [-0.05, 0) is 0 Å². The molecule has 0 aliphatic carbocycles. The lowest BCUT2D eigenvalue weighted by Crippen LogP contribution is -2.14. The van der Waals surface area contributed by atoms with Crippen molar-refractivity contribution < 1.29 is 18.9 Å². The average molecular weight is 271 g/mol. The third kappa shape index (κ3) is 7.02. The van der Waals surface area contributed by atoms with Gasteiger partial charge in [0.25, 0.3) is 0 Å². The van der Waals surface area contributed by atoms with Gasteiger partial charge in [-0.15, -0.1) is 0 Å². The van der Waals surface area contributed by atoms with Crippen LogP contribution in [-0.4, -0.2) is 56.7 Å². The predicted octanol–water partition coefficient (Wildman–Crippen LogP) is -0.00630. The van der Waals surface area contributed by atoms with E-state index in [0.29, 0.717) is 57.8 Å². The highest BCUT2D eigenvalue weighted by atomic mass is 16.6. The Balaban J connectivity index is 2.01. The van der Waals surface area contributed by atoms with E-state index in [1.807, 2.05) is 0 Å². The lowest BCUT2D eigenvalue weighted by atomic mass is 10.4. The molecule has 0 atom stereocenters. The van der Waals surface area contributed by atoms with Crippen LogP contribution in [0, 0.1) is 0 Å². The fourth-order valence-electron chi connectivity index (χ4n) is 1.28. The zero-order chi connectivity index (χ0) is 13.8. The standard InChI is InChI=1S/C12H21N3O4/c1-16-4-5-17-6-7-18-8-9-19-12-11(10-13)14-2-3-15-12/h2-3H,4-10,13H2,1H3. The van der Waals surface area contributed by atoms with Crippen LogP contribution in [0.2, 0.25) is 0 Å². The van der Waals surface area contributed by atoms with E-state index in [1.54, 1.807) is 19.5 Å². The second-order valence-corrected chi connectivity index (χ2v) is 3.58. The molecule has 0 bridgehead atoms. The lowest BCUT2D eigenvalue weighted by Gasteiger charge is -2.08. The van der Waals surface area contributed by atoms with E-state index in [2.05, 4.69) is 9.97 Å². The van der Waals surface area contributed by atoms with Gasteiger partial charge >= 0.3 is 0 Å². The lowest BCUT2D eigenvalue weighted by molar-refractivity contribution is 0.0175. The Morgan fingerprint density at radius 3 is 2.26 bits per heavy atom. The Kier molecular flexibility index (Phi) is 8.82. The van der Waals surface area contributed by atoms with E-state index in [1.165, 1.54) is 0 Å². The summed E-state index contributed by atoms with van der Waals surface area (Å²) in [4.78, 5) is 8.13. The highest BCUT2D eigenvalue weighted by molar-refractivity contribution is 5.16. The molecule has 1 aromatic rings. The number of ether oxygens (including phenoxy) is 4. The summed E-state index contributed by atoms with van der Waals surface area (Å²) in [6.07, 6.45) is 3.15. The average Bonchev–Trinajstić information content (AvgIpc) is 2.46. The largest absolute Gasteiger partial charge is 0.474 e. The van der Waals surface area contributed by atoms with E-state index in [0.717, 1.165) is 0 Å². The van der Waals surface area contributed by atoms with E-state index >= 15 is 0 Å². The SMILES string of the molecule is COCCOCCOCCOc1nccnc1CN. The molecule has 19 heavy (non-hydrogen) atoms. The van der Waals surface area contributed by atoms with Crippen molar-refractivity contribution in [3.8, 4) is 5.88 Å². The van der Waals surface area contributed by atoms with Gasteiger partial charge in [-0.3, -0.25) is 4.98 Å². The molecule has 0 aliphatic heterocycles. The van der Waals surface area contributed by atoms with Crippen LogP contribution in [0.1, 0.15) is 5.69 Å². The number of nitrogens with two attached hydrogens (primary N) is 1. The first-order chi connectivity index (χ1) is 9.38. The zero-order valence-electron chi connectivity index (χ0n) is 11.2. The minimum Gasteiger partial charge on any atom is -0.474 e. The van der Waals surface area contributed by atoms with Crippen LogP contribution in [-0.2, 0) is 20.8 Å². The number of hydrogen-bond acceptors (Lipinski definition) is 7. The van der Waals surface area contributed by atoms with Gasteiger partial charge in [-0.25, -0.2) is 4.98 Å². The molecule has 7 nitrogen and oxygen atoms in total. The van der Waals surface area contributed by atoms with Crippen molar-refractivity contribution in [1.29, 1.82) is 0 Å². The van der Waals surface area contributed by atoms with Gasteiger partial charge in [0.15, 0.2) is 0 Å². The topological polar surface area (TPSA) is 88.7 Å². The van der Waals surface area contributed by atoms with E-state index in [9.17, 15) is 0 Å². The van der Waals surface area contributed by atoms with Crippen LogP contribution in [0.3, 0.4) is 0 Å². The molecule has 0 amide bonds. The van der Waals surface area contributed by atoms with E-state index in [-0.39, 0.29) is 0 Å². The number of aromatic nitrogens is 2.